The van der Waals surface area contributed by atoms with Gasteiger partial charge in [-0.05, 0) is 40.2 Å². The van der Waals surface area contributed by atoms with E-state index >= 15 is 0 Å². The average Bonchev–Trinajstić information content (AvgIpc) is 2.23. The zero-order valence-corrected chi connectivity index (χ0v) is 11.5. The third-order valence-corrected chi connectivity index (χ3v) is 3.90. The zero-order valence-electron chi connectivity index (χ0n) is 11.5. The van der Waals surface area contributed by atoms with E-state index in [4.69, 9.17) is 4.74 Å². The van der Waals surface area contributed by atoms with Crippen molar-refractivity contribution in [2.45, 2.75) is 83.5 Å². The maximum Gasteiger partial charge on any atom is 0.0735 e. The largest absolute Gasteiger partial charge is 0.371 e. The van der Waals surface area contributed by atoms with Gasteiger partial charge in [-0.1, -0.05) is 32.6 Å². The van der Waals surface area contributed by atoms with Crippen molar-refractivity contribution in [1.82, 2.24) is 5.32 Å². The quantitative estimate of drug-likeness (QED) is 0.793. The molecule has 0 aliphatic heterocycles. The lowest BCUT2D eigenvalue weighted by Gasteiger charge is -2.36. The predicted octanol–water partition coefficient (Wildman–Crippen LogP) is 3.50. The molecule has 1 N–H and O–H groups in total. The number of nitrogens with one attached hydrogen (secondary N) is 1. The van der Waals surface area contributed by atoms with Gasteiger partial charge >= 0.3 is 0 Å². The second-order valence-corrected chi connectivity index (χ2v) is 5.66. The monoisotopic (exact) mass is 227 g/mol. The second kappa shape index (κ2) is 6.61. The van der Waals surface area contributed by atoms with Crippen LogP contribution >= 0.6 is 0 Å². The molecular weight excluding hydrogens is 198 g/mol. The van der Waals surface area contributed by atoms with Crippen molar-refractivity contribution >= 4 is 0 Å². The van der Waals surface area contributed by atoms with Gasteiger partial charge in [0.25, 0.3) is 0 Å². The van der Waals surface area contributed by atoms with Crippen molar-refractivity contribution in [2.75, 3.05) is 7.05 Å². The van der Waals surface area contributed by atoms with E-state index in [-0.39, 0.29) is 5.60 Å². The Morgan fingerprint density at radius 3 is 2.31 bits per heavy atom. The first-order valence-electron chi connectivity index (χ1n) is 6.94. The normalized spacial score (nSPS) is 28.5. The van der Waals surface area contributed by atoms with E-state index in [0.717, 1.165) is 6.42 Å². The molecule has 96 valence electrons. The molecule has 0 radical (unpaired) electrons. The number of likely N-dealkylation sites (N-methyl/N-ethyl adjacent to an activating group) is 1. The van der Waals surface area contributed by atoms with Gasteiger partial charge in [-0.2, -0.15) is 0 Å². The molecule has 1 saturated carbocycles. The third-order valence-electron chi connectivity index (χ3n) is 3.90. The molecule has 0 bridgehead atoms. The number of hydrogen-bond donors (Lipinski definition) is 1. The van der Waals surface area contributed by atoms with Crippen molar-refractivity contribution < 1.29 is 4.74 Å². The highest BCUT2D eigenvalue weighted by Crippen LogP contribution is 2.25. The van der Waals surface area contributed by atoms with Crippen LogP contribution in [0.2, 0.25) is 0 Å². The molecular formula is C14H29NO. The van der Waals surface area contributed by atoms with Crippen molar-refractivity contribution in [3.8, 4) is 0 Å². The summed E-state index contributed by atoms with van der Waals surface area (Å²) < 4.78 is 6.30. The summed E-state index contributed by atoms with van der Waals surface area (Å²) >= 11 is 0. The Bertz CT molecular complexity index is 191. The average molecular weight is 227 g/mol. The van der Waals surface area contributed by atoms with E-state index in [1.165, 1.54) is 38.5 Å². The third kappa shape index (κ3) is 4.42. The minimum absolute atomic E-state index is 0.0267. The Hall–Kier alpha value is -0.0800. The Morgan fingerprint density at radius 2 is 1.75 bits per heavy atom. The molecule has 0 amide bonds. The topological polar surface area (TPSA) is 21.3 Å². The van der Waals surface area contributed by atoms with Gasteiger partial charge in [0, 0.05) is 6.04 Å². The minimum atomic E-state index is 0.0267. The Balaban J connectivity index is 2.56. The van der Waals surface area contributed by atoms with E-state index in [1.807, 2.05) is 0 Å². The van der Waals surface area contributed by atoms with E-state index in [2.05, 4.69) is 33.1 Å². The molecule has 0 aromatic heterocycles. The first kappa shape index (κ1) is 14.0. The minimum Gasteiger partial charge on any atom is -0.371 e. The van der Waals surface area contributed by atoms with Crippen molar-refractivity contribution in [3.05, 3.63) is 0 Å². The lowest BCUT2D eigenvalue weighted by atomic mass is 9.93. The van der Waals surface area contributed by atoms with E-state index in [0.29, 0.717) is 12.1 Å². The van der Waals surface area contributed by atoms with Crippen LogP contribution in [0.5, 0.6) is 0 Å². The molecule has 1 aliphatic rings. The zero-order chi connectivity index (χ0) is 12.0. The standard InChI is InChI=1S/C14H29NO/c1-5-14(2,3)16-13-11-9-7-6-8-10-12(13)15-4/h12-13,15H,5-11H2,1-4H3. The predicted molar refractivity (Wildman–Crippen MR) is 69.8 cm³/mol. The molecule has 2 unspecified atom stereocenters. The highest BCUT2D eigenvalue weighted by Gasteiger charge is 2.27. The van der Waals surface area contributed by atoms with Crippen LogP contribution in [0.1, 0.15) is 65.7 Å². The summed E-state index contributed by atoms with van der Waals surface area (Å²) in [5.41, 5.74) is 0.0267. The van der Waals surface area contributed by atoms with Crippen molar-refractivity contribution in [2.24, 2.45) is 0 Å². The fraction of sp³-hybridized carbons (Fsp3) is 1.00. The van der Waals surface area contributed by atoms with Gasteiger partial charge in [-0.3, -0.25) is 0 Å². The molecule has 1 rings (SSSR count). The van der Waals surface area contributed by atoms with E-state index < -0.39 is 0 Å². The Morgan fingerprint density at radius 1 is 1.12 bits per heavy atom. The molecule has 2 heteroatoms. The van der Waals surface area contributed by atoms with Crippen LogP contribution in [-0.4, -0.2) is 24.8 Å². The maximum atomic E-state index is 6.30. The Kier molecular flexibility index (Phi) is 5.77. The summed E-state index contributed by atoms with van der Waals surface area (Å²) in [6, 6.07) is 0.547. The van der Waals surface area contributed by atoms with Crippen LogP contribution in [-0.2, 0) is 4.74 Å². The lowest BCUT2D eigenvalue weighted by molar-refractivity contribution is -0.0929. The van der Waals surface area contributed by atoms with Crippen LogP contribution in [0, 0.1) is 0 Å². The van der Waals surface area contributed by atoms with Crippen LogP contribution < -0.4 is 5.32 Å². The van der Waals surface area contributed by atoms with Crippen molar-refractivity contribution in [3.63, 3.8) is 0 Å². The summed E-state index contributed by atoms with van der Waals surface area (Å²) in [7, 11) is 2.07. The summed E-state index contributed by atoms with van der Waals surface area (Å²) in [5, 5.41) is 3.44. The summed E-state index contributed by atoms with van der Waals surface area (Å²) in [5.74, 6) is 0. The number of hydrogen-bond acceptors (Lipinski definition) is 2. The van der Waals surface area contributed by atoms with Gasteiger partial charge < -0.3 is 10.1 Å². The van der Waals surface area contributed by atoms with Crippen LogP contribution in [0.3, 0.4) is 0 Å². The summed E-state index contributed by atoms with van der Waals surface area (Å²) in [4.78, 5) is 0. The van der Waals surface area contributed by atoms with Crippen LogP contribution in [0.25, 0.3) is 0 Å². The first-order valence-corrected chi connectivity index (χ1v) is 6.94. The highest BCUT2D eigenvalue weighted by atomic mass is 16.5. The molecule has 2 atom stereocenters. The highest BCUT2D eigenvalue weighted by molar-refractivity contribution is 4.81. The van der Waals surface area contributed by atoms with Crippen molar-refractivity contribution in [1.29, 1.82) is 0 Å². The Labute approximate surface area is 101 Å². The maximum absolute atomic E-state index is 6.30. The molecule has 0 heterocycles. The second-order valence-electron chi connectivity index (χ2n) is 5.66. The fourth-order valence-electron chi connectivity index (χ4n) is 2.41. The van der Waals surface area contributed by atoms with Crippen LogP contribution in [0.4, 0.5) is 0 Å². The van der Waals surface area contributed by atoms with E-state index in [9.17, 15) is 0 Å². The van der Waals surface area contributed by atoms with Gasteiger partial charge in [0.15, 0.2) is 0 Å². The summed E-state index contributed by atoms with van der Waals surface area (Å²) in [6.07, 6.45) is 9.40. The van der Waals surface area contributed by atoms with Gasteiger partial charge in [-0.15, -0.1) is 0 Å². The first-order chi connectivity index (χ1) is 7.59. The number of rotatable bonds is 4. The SMILES string of the molecule is CCC(C)(C)OC1CCCCCCC1NC. The molecule has 0 aromatic rings. The molecule has 1 fully saturated rings. The summed E-state index contributed by atoms with van der Waals surface area (Å²) in [6.45, 7) is 6.62. The molecule has 16 heavy (non-hydrogen) atoms. The molecule has 0 spiro atoms. The van der Waals surface area contributed by atoms with Crippen LogP contribution in [0.15, 0.2) is 0 Å². The van der Waals surface area contributed by atoms with Gasteiger partial charge in [0.05, 0.1) is 11.7 Å². The fourth-order valence-corrected chi connectivity index (χ4v) is 2.41. The molecule has 0 aromatic carbocycles. The molecule has 0 saturated heterocycles. The van der Waals surface area contributed by atoms with Gasteiger partial charge in [-0.25, -0.2) is 0 Å². The lowest BCUT2D eigenvalue weighted by Crippen LogP contribution is -2.44. The molecule has 1 aliphatic carbocycles. The van der Waals surface area contributed by atoms with E-state index in [1.54, 1.807) is 0 Å². The van der Waals surface area contributed by atoms with Gasteiger partial charge in [0.1, 0.15) is 0 Å². The molecule has 2 nitrogen and oxygen atoms in total. The number of ether oxygens (including phenoxy) is 1. The smallest absolute Gasteiger partial charge is 0.0735 e. The van der Waals surface area contributed by atoms with Gasteiger partial charge in [0.2, 0.25) is 0 Å².